The van der Waals surface area contributed by atoms with Crippen LogP contribution in [0.15, 0.2) is 5.38 Å². The van der Waals surface area contributed by atoms with E-state index in [1.54, 1.807) is 0 Å². The first-order chi connectivity index (χ1) is 7.15. The second-order valence-electron chi connectivity index (χ2n) is 4.20. The zero-order valence-corrected chi connectivity index (χ0v) is 9.64. The lowest BCUT2D eigenvalue weighted by molar-refractivity contribution is -0.145. The number of aryl methyl sites for hydroxylation is 1. The Labute approximate surface area is 93.2 Å². The van der Waals surface area contributed by atoms with Gasteiger partial charge < -0.3 is 5.11 Å². The largest absolute Gasteiger partial charge is 0.481 e. The van der Waals surface area contributed by atoms with Crippen LogP contribution in [0.25, 0.3) is 0 Å². The summed E-state index contributed by atoms with van der Waals surface area (Å²) < 4.78 is 0. The molecule has 3 nitrogen and oxygen atoms in total. The second-order valence-corrected chi connectivity index (χ2v) is 5.26. The van der Waals surface area contributed by atoms with Crippen LogP contribution < -0.4 is 0 Å². The maximum Gasteiger partial charge on any atom is 0.315 e. The van der Waals surface area contributed by atoms with Crippen molar-refractivity contribution in [2.45, 2.75) is 44.4 Å². The highest BCUT2D eigenvalue weighted by molar-refractivity contribution is 7.09. The third-order valence-electron chi connectivity index (χ3n) is 3.23. The highest BCUT2D eigenvalue weighted by Gasteiger charge is 2.43. The van der Waals surface area contributed by atoms with E-state index in [4.69, 9.17) is 0 Å². The van der Waals surface area contributed by atoms with Gasteiger partial charge in [0, 0.05) is 5.38 Å². The first-order valence-corrected chi connectivity index (χ1v) is 6.19. The van der Waals surface area contributed by atoms with Crippen LogP contribution >= 0.6 is 11.3 Å². The van der Waals surface area contributed by atoms with Crippen LogP contribution in [0, 0.1) is 6.92 Å². The van der Waals surface area contributed by atoms with Gasteiger partial charge >= 0.3 is 5.97 Å². The van der Waals surface area contributed by atoms with Crippen LogP contribution in [0.2, 0.25) is 0 Å². The lowest BCUT2D eigenvalue weighted by Gasteiger charge is -2.31. The molecular weight excluding hydrogens is 210 g/mol. The Morgan fingerprint density at radius 3 is 2.60 bits per heavy atom. The standard InChI is InChI=1S/C11H15NO2S/c1-8-12-9(7-15-8)11(10(13)14)5-3-2-4-6-11/h7H,2-6H2,1H3,(H,13,14). The number of rotatable bonds is 2. The Morgan fingerprint density at radius 2 is 2.13 bits per heavy atom. The first kappa shape index (κ1) is 10.6. The van der Waals surface area contributed by atoms with Gasteiger partial charge in [0.15, 0.2) is 0 Å². The van der Waals surface area contributed by atoms with Gasteiger partial charge in [-0.3, -0.25) is 4.79 Å². The second kappa shape index (κ2) is 3.93. The van der Waals surface area contributed by atoms with Crippen molar-refractivity contribution in [3.05, 3.63) is 16.1 Å². The van der Waals surface area contributed by atoms with Crippen molar-refractivity contribution in [1.29, 1.82) is 0 Å². The van der Waals surface area contributed by atoms with E-state index >= 15 is 0 Å². The molecule has 1 aliphatic rings. The molecule has 0 saturated heterocycles. The van der Waals surface area contributed by atoms with Crippen molar-refractivity contribution in [2.24, 2.45) is 0 Å². The number of hydrogen-bond donors (Lipinski definition) is 1. The van der Waals surface area contributed by atoms with E-state index in [-0.39, 0.29) is 0 Å². The summed E-state index contributed by atoms with van der Waals surface area (Å²) in [6.07, 6.45) is 4.64. The molecule has 0 aliphatic heterocycles. The average molecular weight is 225 g/mol. The number of carbonyl (C=O) groups is 1. The molecule has 1 aromatic rings. The smallest absolute Gasteiger partial charge is 0.315 e. The number of carboxylic acids is 1. The van der Waals surface area contributed by atoms with Crippen molar-refractivity contribution < 1.29 is 9.90 Å². The normalized spacial score (nSPS) is 20.1. The van der Waals surface area contributed by atoms with Crippen molar-refractivity contribution in [1.82, 2.24) is 4.98 Å². The van der Waals surface area contributed by atoms with E-state index < -0.39 is 11.4 Å². The molecule has 1 N–H and O–H groups in total. The third-order valence-corrected chi connectivity index (χ3v) is 4.00. The molecule has 0 radical (unpaired) electrons. The van der Waals surface area contributed by atoms with Crippen molar-refractivity contribution in [2.75, 3.05) is 0 Å². The van der Waals surface area contributed by atoms with Crippen LogP contribution in [0.1, 0.15) is 42.8 Å². The molecule has 2 rings (SSSR count). The highest BCUT2D eigenvalue weighted by atomic mass is 32.1. The molecule has 0 unspecified atom stereocenters. The van der Waals surface area contributed by atoms with Crippen LogP contribution in [-0.2, 0) is 10.2 Å². The van der Waals surface area contributed by atoms with Crippen LogP contribution in [0.3, 0.4) is 0 Å². The van der Waals surface area contributed by atoms with Crippen LogP contribution in [0.4, 0.5) is 0 Å². The fraction of sp³-hybridized carbons (Fsp3) is 0.636. The molecule has 0 bridgehead atoms. The van der Waals surface area contributed by atoms with Gasteiger partial charge in [-0.05, 0) is 19.8 Å². The molecule has 0 spiro atoms. The van der Waals surface area contributed by atoms with Crippen molar-refractivity contribution >= 4 is 17.3 Å². The summed E-state index contributed by atoms with van der Waals surface area (Å²) in [6, 6.07) is 0. The van der Waals surface area contributed by atoms with Gasteiger partial charge in [0.1, 0.15) is 5.41 Å². The van der Waals surface area contributed by atoms with E-state index in [0.29, 0.717) is 0 Å². The number of thiazole rings is 1. The Hall–Kier alpha value is -0.900. The van der Waals surface area contributed by atoms with Crippen LogP contribution in [0.5, 0.6) is 0 Å². The highest BCUT2D eigenvalue weighted by Crippen LogP contribution is 2.39. The average Bonchev–Trinajstić information content (AvgIpc) is 2.66. The third kappa shape index (κ3) is 1.78. The van der Waals surface area contributed by atoms with Crippen molar-refractivity contribution in [3.8, 4) is 0 Å². The number of aromatic nitrogens is 1. The molecule has 1 aliphatic carbocycles. The van der Waals surface area contributed by atoms with Gasteiger partial charge in [0.2, 0.25) is 0 Å². The van der Waals surface area contributed by atoms with Gasteiger partial charge in [0.25, 0.3) is 0 Å². The Morgan fingerprint density at radius 1 is 1.47 bits per heavy atom. The van der Waals surface area contributed by atoms with E-state index in [2.05, 4.69) is 4.98 Å². The quantitative estimate of drug-likeness (QED) is 0.842. The van der Waals surface area contributed by atoms with Gasteiger partial charge in [0.05, 0.1) is 10.7 Å². The summed E-state index contributed by atoms with van der Waals surface area (Å²) in [4.78, 5) is 15.8. The Balaban J connectivity index is 2.37. The molecule has 0 amide bonds. The fourth-order valence-electron chi connectivity index (χ4n) is 2.32. The lowest BCUT2D eigenvalue weighted by Crippen LogP contribution is -2.38. The molecule has 82 valence electrons. The van der Waals surface area contributed by atoms with E-state index in [0.717, 1.165) is 42.8 Å². The monoisotopic (exact) mass is 225 g/mol. The summed E-state index contributed by atoms with van der Waals surface area (Å²) in [7, 11) is 0. The Bertz CT molecular complexity index is 366. The minimum Gasteiger partial charge on any atom is -0.481 e. The number of aliphatic carboxylic acids is 1. The van der Waals surface area contributed by atoms with Gasteiger partial charge in [-0.1, -0.05) is 19.3 Å². The molecule has 15 heavy (non-hydrogen) atoms. The molecule has 1 saturated carbocycles. The van der Waals surface area contributed by atoms with Gasteiger partial charge in [-0.2, -0.15) is 0 Å². The van der Waals surface area contributed by atoms with Crippen molar-refractivity contribution in [3.63, 3.8) is 0 Å². The predicted octanol–water partition coefficient (Wildman–Crippen LogP) is 2.74. The molecule has 1 fully saturated rings. The number of hydrogen-bond acceptors (Lipinski definition) is 3. The topological polar surface area (TPSA) is 50.2 Å². The maximum absolute atomic E-state index is 11.5. The van der Waals surface area contributed by atoms with E-state index in [1.807, 2.05) is 12.3 Å². The summed E-state index contributed by atoms with van der Waals surface area (Å²) in [5.41, 5.74) is 0.0837. The minimum absolute atomic E-state index is 0.691. The number of carboxylic acid groups (broad SMARTS) is 1. The van der Waals surface area contributed by atoms with Crippen LogP contribution in [-0.4, -0.2) is 16.1 Å². The molecule has 4 heteroatoms. The zero-order valence-electron chi connectivity index (χ0n) is 8.82. The minimum atomic E-state index is -0.701. The predicted molar refractivity (Wildman–Crippen MR) is 59.2 cm³/mol. The lowest BCUT2D eigenvalue weighted by atomic mass is 9.72. The van der Waals surface area contributed by atoms with Gasteiger partial charge in [-0.15, -0.1) is 11.3 Å². The SMILES string of the molecule is Cc1nc(C2(C(=O)O)CCCCC2)cs1. The summed E-state index contributed by atoms with van der Waals surface area (Å²) in [5.74, 6) is -0.701. The van der Waals surface area contributed by atoms with E-state index in [9.17, 15) is 9.90 Å². The Kier molecular flexibility index (Phi) is 2.78. The first-order valence-electron chi connectivity index (χ1n) is 5.31. The molecule has 0 aromatic carbocycles. The fourth-order valence-corrected chi connectivity index (χ4v) is 3.03. The van der Waals surface area contributed by atoms with E-state index in [1.165, 1.54) is 11.3 Å². The molecule has 0 atom stereocenters. The summed E-state index contributed by atoms with van der Waals surface area (Å²) in [6.45, 7) is 1.92. The zero-order chi connectivity index (χ0) is 10.9. The molecule has 1 heterocycles. The summed E-state index contributed by atoms with van der Waals surface area (Å²) >= 11 is 1.54. The number of nitrogens with zero attached hydrogens (tertiary/aromatic N) is 1. The molecular formula is C11H15NO2S. The summed E-state index contributed by atoms with van der Waals surface area (Å²) in [5, 5.41) is 12.3. The molecule has 1 aromatic heterocycles. The maximum atomic E-state index is 11.5. The van der Waals surface area contributed by atoms with Gasteiger partial charge in [-0.25, -0.2) is 4.98 Å².